The minimum Gasteiger partial charge on any atom is -0.347 e. The zero-order valence-corrected chi connectivity index (χ0v) is 21.6. The maximum atomic E-state index is 5.63. The molecule has 31 heavy (non-hydrogen) atoms. The van der Waals surface area contributed by atoms with Gasteiger partial charge in [0.05, 0.1) is 13.2 Å². The molecule has 0 aromatic heterocycles. The van der Waals surface area contributed by atoms with Gasteiger partial charge in [0, 0.05) is 25.9 Å². The van der Waals surface area contributed by atoms with Gasteiger partial charge in [0.2, 0.25) is 0 Å². The van der Waals surface area contributed by atoms with Crippen LogP contribution in [0.3, 0.4) is 0 Å². The number of aryl methyl sites for hydroxylation is 1. The van der Waals surface area contributed by atoms with Gasteiger partial charge in [0.25, 0.3) is 0 Å². The summed E-state index contributed by atoms with van der Waals surface area (Å²) in [5.41, 5.74) is 1.32. The van der Waals surface area contributed by atoms with Crippen molar-refractivity contribution in [3.63, 3.8) is 0 Å². The van der Waals surface area contributed by atoms with E-state index in [1.165, 1.54) is 5.56 Å². The molecule has 3 heteroatoms. The van der Waals surface area contributed by atoms with Crippen LogP contribution in [0.4, 0.5) is 0 Å². The fourth-order valence-electron chi connectivity index (χ4n) is 2.91. The Morgan fingerprint density at radius 1 is 0.677 bits per heavy atom. The van der Waals surface area contributed by atoms with Crippen molar-refractivity contribution in [2.45, 2.75) is 74.0 Å². The van der Waals surface area contributed by atoms with Crippen LogP contribution in [-0.4, -0.2) is 43.5 Å². The van der Waals surface area contributed by atoms with Crippen molar-refractivity contribution in [2.75, 3.05) is 32.8 Å². The van der Waals surface area contributed by atoms with E-state index in [1.807, 2.05) is 96.1 Å². The first kappa shape index (κ1) is 31.5. The Hall–Kier alpha value is -1.68. The van der Waals surface area contributed by atoms with Gasteiger partial charge in [-0.05, 0) is 13.5 Å². The van der Waals surface area contributed by atoms with Crippen molar-refractivity contribution < 1.29 is 9.47 Å². The monoisotopic (exact) mass is 431 g/mol. The van der Waals surface area contributed by atoms with Crippen molar-refractivity contribution >= 4 is 0 Å². The number of hydrogen-bond donors (Lipinski definition) is 0. The van der Waals surface area contributed by atoms with Crippen LogP contribution in [0.1, 0.15) is 66.9 Å². The molecular weight excluding hydrogens is 382 g/mol. The highest BCUT2D eigenvalue weighted by Crippen LogP contribution is 2.30. The van der Waals surface area contributed by atoms with E-state index in [0.29, 0.717) is 0 Å². The minimum atomic E-state index is -0.189. The van der Waals surface area contributed by atoms with Crippen LogP contribution < -0.4 is 0 Å². The summed E-state index contributed by atoms with van der Waals surface area (Å²) < 4.78 is 11.3. The van der Waals surface area contributed by atoms with Gasteiger partial charge in [-0.2, -0.15) is 0 Å². The van der Waals surface area contributed by atoms with E-state index in [-0.39, 0.29) is 5.79 Å². The van der Waals surface area contributed by atoms with Gasteiger partial charge >= 0.3 is 0 Å². The van der Waals surface area contributed by atoms with Gasteiger partial charge in [-0.15, -0.1) is 0 Å². The standard InChI is InChI=1S/C9H17NO2.C7H8.C6H6.3C2H6/c1-2-10-5-3-9(4-6-10)11-7-8-12-9;1-7-5-3-2-4-6-7;1-2-4-6-5-3-1;3*1-2/h2-8H2,1H3;2-6H,1H3;1-6H;3*1-2H3. The summed E-state index contributed by atoms with van der Waals surface area (Å²) in [6.45, 7) is 21.2. The summed E-state index contributed by atoms with van der Waals surface area (Å²) >= 11 is 0. The van der Waals surface area contributed by atoms with Crippen LogP contribution in [0.5, 0.6) is 0 Å². The Balaban J connectivity index is 0. The highest BCUT2D eigenvalue weighted by atomic mass is 16.7. The number of benzene rings is 2. The van der Waals surface area contributed by atoms with Crippen molar-refractivity contribution in [3.05, 3.63) is 72.3 Å². The average Bonchev–Trinajstić information content (AvgIpc) is 3.34. The molecule has 0 aliphatic carbocycles. The van der Waals surface area contributed by atoms with E-state index in [9.17, 15) is 0 Å². The third kappa shape index (κ3) is 15.7. The fraction of sp³-hybridized carbons (Fsp3) is 0.571. The molecule has 0 atom stereocenters. The van der Waals surface area contributed by atoms with Gasteiger partial charge in [-0.1, -0.05) is 121 Å². The van der Waals surface area contributed by atoms with E-state index in [4.69, 9.17) is 9.47 Å². The second-order valence-electron chi connectivity index (χ2n) is 6.35. The molecule has 178 valence electrons. The normalized spacial score (nSPS) is 15.6. The predicted octanol–water partition coefficient (Wildman–Crippen LogP) is 7.61. The first-order valence-electron chi connectivity index (χ1n) is 12.3. The Bertz CT molecular complexity index is 517. The Kier molecular flexibility index (Phi) is 23.4. The molecule has 1 spiro atoms. The van der Waals surface area contributed by atoms with Crippen LogP contribution in [0.15, 0.2) is 66.7 Å². The smallest absolute Gasteiger partial charge is 0.170 e. The number of rotatable bonds is 1. The first-order valence-corrected chi connectivity index (χ1v) is 12.3. The molecule has 0 unspecified atom stereocenters. The average molecular weight is 432 g/mol. The molecule has 2 saturated heterocycles. The third-order valence-electron chi connectivity index (χ3n) is 4.49. The molecule has 2 aromatic carbocycles. The maximum absolute atomic E-state index is 5.63. The molecule has 2 aliphatic heterocycles. The molecule has 2 aromatic rings. The van der Waals surface area contributed by atoms with E-state index in [1.54, 1.807) is 0 Å². The van der Waals surface area contributed by atoms with Gasteiger partial charge in [-0.25, -0.2) is 0 Å². The van der Waals surface area contributed by atoms with Crippen molar-refractivity contribution in [2.24, 2.45) is 0 Å². The summed E-state index contributed by atoms with van der Waals surface area (Å²) in [4.78, 5) is 2.44. The summed E-state index contributed by atoms with van der Waals surface area (Å²) in [7, 11) is 0. The van der Waals surface area contributed by atoms with Crippen molar-refractivity contribution in [1.29, 1.82) is 0 Å². The zero-order chi connectivity index (χ0) is 23.8. The van der Waals surface area contributed by atoms with Crippen molar-refractivity contribution in [3.8, 4) is 0 Å². The molecule has 3 nitrogen and oxygen atoms in total. The van der Waals surface area contributed by atoms with Crippen LogP contribution >= 0.6 is 0 Å². The molecule has 0 bridgehead atoms. The summed E-state index contributed by atoms with van der Waals surface area (Å²) in [5.74, 6) is -0.189. The van der Waals surface area contributed by atoms with E-state index >= 15 is 0 Å². The zero-order valence-electron chi connectivity index (χ0n) is 21.6. The number of piperidine rings is 1. The van der Waals surface area contributed by atoms with Crippen LogP contribution in [0.2, 0.25) is 0 Å². The molecule has 0 saturated carbocycles. The second-order valence-corrected chi connectivity index (χ2v) is 6.35. The summed E-state index contributed by atoms with van der Waals surface area (Å²) in [6, 6.07) is 22.3. The molecular formula is C28H49NO2. The SMILES string of the molecule is CC.CC.CC.CCN1CCC2(CC1)OCCO2.Cc1ccccc1.c1ccccc1. The fourth-order valence-corrected chi connectivity index (χ4v) is 2.91. The lowest BCUT2D eigenvalue weighted by Gasteiger charge is -2.36. The van der Waals surface area contributed by atoms with Gasteiger partial charge in [-0.3, -0.25) is 0 Å². The molecule has 4 rings (SSSR count). The van der Waals surface area contributed by atoms with Crippen LogP contribution in [0.25, 0.3) is 0 Å². The maximum Gasteiger partial charge on any atom is 0.170 e. The van der Waals surface area contributed by atoms with Gasteiger partial charge in [0.1, 0.15) is 0 Å². The molecule has 0 radical (unpaired) electrons. The number of hydrogen-bond acceptors (Lipinski definition) is 3. The molecule has 2 fully saturated rings. The van der Waals surface area contributed by atoms with Crippen molar-refractivity contribution in [1.82, 2.24) is 4.90 Å². The second kappa shape index (κ2) is 23.0. The molecule has 0 N–H and O–H groups in total. The lowest BCUT2D eigenvalue weighted by atomic mass is 10.0. The molecule has 2 heterocycles. The predicted molar refractivity (Wildman–Crippen MR) is 138 cm³/mol. The summed E-state index contributed by atoms with van der Waals surface area (Å²) in [5, 5.41) is 0. The highest BCUT2D eigenvalue weighted by Gasteiger charge is 2.39. The molecule has 2 aliphatic rings. The minimum absolute atomic E-state index is 0.189. The topological polar surface area (TPSA) is 21.7 Å². The largest absolute Gasteiger partial charge is 0.347 e. The Morgan fingerprint density at radius 3 is 1.32 bits per heavy atom. The highest BCUT2D eigenvalue weighted by molar-refractivity contribution is 5.11. The number of ether oxygens (including phenoxy) is 2. The quantitative estimate of drug-likeness (QED) is 0.464. The summed E-state index contributed by atoms with van der Waals surface area (Å²) in [6.07, 6.45) is 2.08. The van der Waals surface area contributed by atoms with Crippen LogP contribution in [0, 0.1) is 6.92 Å². The van der Waals surface area contributed by atoms with Gasteiger partial charge in [0.15, 0.2) is 5.79 Å². The lowest BCUT2D eigenvalue weighted by molar-refractivity contribution is -0.184. The Morgan fingerprint density at radius 2 is 1.03 bits per heavy atom. The third-order valence-corrected chi connectivity index (χ3v) is 4.49. The van der Waals surface area contributed by atoms with Crippen LogP contribution in [-0.2, 0) is 9.47 Å². The first-order chi connectivity index (χ1) is 15.2. The van der Waals surface area contributed by atoms with Gasteiger partial charge < -0.3 is 14.4 Å². The van der Waals surface area contributed by atoms with E-state index in [0.717, 1.165) is 45.7 Å². The lowest BCUT2D eigenvalue weighted by Crippen LogP contribution is -2.44. The van der Waals surface area contributed by atoms with E-state index in [2.05, 4.69) is 30.9 Å². The Labute approximate surface area is 193 Å². The number of nitrogens with zero attached hydrogens (tertiary/aromatic N) is 1. The molecule has 0 amide bonds. The number of likely N-dealkylation sites (tertiary alicyclic amines) is 1. The van der Waals surface area contributed by atoms with E-state index < -0.39 is 0 Å².